The van der Waals surface area contributed by atoms with Crippen LogP contribution < -0.4 is 4.90 Å². The molecule has 0 bridgehead atoms. The lowest BCUT2D eigenvalue weighted by Gasteiger charge is -2.24. The second kappa shape index (κ2) is 8.46. The van der Waals surface area contributed by atoms with Crippen molar-refractivity contribution in [1.82, 2.24) is 14.9 Å². The van der Waals surface area contributed by atoms with E-state index in [1.54, 1.807) is 53.7 Å². The number of esters is 1. The van der Waals surface area contributed by atoms with Gasteiger partial charge in [-0.15, -0.1) is 0 Å². The summed E-state index contributed by atoms with van der Waals surface area (Å²) < 4.78 is 20.0. The molecular weight excluding hydrogens is 423 g/mol. The van der Waals surface area contributed by atoms with Gasteiger partial charge in [-0.3, -0.25) is 4.79 Å². The van der Waals surface area contributed by atoms with Crippen LogP contribution in [0.3, 0.4) is 0 Å². The second-order valence-corrected chi connectivity index (χ2v) is 8.04. The fourth-order valence-corrected chi connectivity index (χ4v) is 4.19. The van der Waals surface area contributed by atoms with Crippen LogP contribution in [-0.4, -0.2) is 52.9 Å². The lowest BCUT2D eigenvalue weighted by molar-refractivity contribution is 0.0716. The number of ether oxygens (including phenoxy) is 1. The summed E-state index contributed by atoms with van der Waals surface area (Å²) in [4.78, 5) is 37.3. The molecule has 3 heterocycles. The van der Waals surface area contributed by atoms with Crippen LogP contribution in [0.25, 0.3) is 11.8 Å². The number of aromatic nitrogens is 2. The van der Waals surface area contributed by atoms with Gasteiger partial charge in [0.1, 0.15) is 11.6 Å². The number of rotatable bonds is 4. The Morgan fingerprint density at radius 1 is 1.15 bits per heavy atom. The number of anilines is 1. The lowest BCUT2D eigenvalue weighted by Crippen LogP contribution is -2.37. The number of halogens is 1. The molecule has 1 amide bonds. The van der Waals surface area contributed by atoms with Crippen LogP contribution in [0.2, 0.25) is 0 Å². The average Bonchev–Trinajstić information content (AvgIpc) is 3.46. The van der Waals surface area contributed by atoms with E-state index in [4.69, 9.17) is 4.74 Å². The smallest absolute Gasteiger partial charge is 0.344 e. The second-order valence-electron chi connectivity index (χ2n) is 8.04. The number of amides is 1. The number of carbonyl (C=O) groups is 2. The lowest BCUT2D eigenvalue weighted by atomic mass is 10.0. The highest BCUT2D eigenvalue weighted by Crippen LogP contribution is 2.31. The minimum absolute atomic E-state index is 0.0128. The Morgan fingerprint density at radius 3 is 2.70 bits per heavy atom. The molecule has 166 valence electrons. The molecule has 7 nitrogen and oxygen atoms in total. The predicted octanol–water partition coefficient (Wildman–Crippen LogP) is 3.64. The van der Waals surface area contributed by atoms with Crippen LogP contribution in [-0.2, 0) is 4.74 Å². The van der Waals surface area contributed by atoms with Crippen molar-refractivity contribution in [3.8, 4) is 0 Å². The van der Waals surface area contributed by atoms with Crippen molar-refractivity contribution in [2.45, 2.75) is 12.5 Å². The molecule has 2 aliphatic heterocycles. The molecule has 1 saturated heterocycles. The van der Waals surface area contributed by atoms with E-state index in [1.807, 2.05) is 18.0 Å². The van der Waals surface area contributed by atoms with Gasteiger partial charge in [0.25, 0.3) is 5.91 Å². The number of fused-ring (bicyclic) bond motifs is 1. The standard InChI is InChI=1S/C25H21FN4O3/c1-29(25-27-10-4-11-28-25)17-9-12-30(15-17)23(31)20-13-16(7-8-21(20)26)14-22-18-5-2-3-6-19(18)24(32)33-22/h2-8,10-11,13-14,17H,9,12,15H2,1H3/b22-14-/t17-/m0/s1. The molecular formula is C25H21FN4O3. The Morgan fingerprint density at radius 2 is 1.91 bits per heavy atom. The first-order chi connectivity index (χ1) is 16.0. The number of carbonyl (C=O) groups excluding carboxylic acids is 2. The largest absolute Gasteiger partial charge is 0.422 e. The average molecular weight is 444 g/mol. The molecule has 0 radical (unpaired) electrons. The van der Waals surface area contributed by atoms with E-state index in [0.29, 0.717) is 41.5 Å². The van der Waals surface area contributed by atoms with Gasteiger partial charge < -0.3 is 14.5 Å². The monoisotopic (exact) mass is 444 g/mol. The number of hydrogen-bond acceptors (Lipinski definition) is 6. The number of likely N-dealkylation sites (tertiary alicyclic amines) is 1. The fraction of sp³-hybridized carbons (Fsp3) is 0.200. The van der Waals surface area contributed by atoms with Crippen LogP contribution in [0.5, 0.6) is 0 Å². The summed E-state index contributed by atoms with van der Waals surface area (Å²) in [6.45, 7) is 0.958. The first-order valence-corrected chi connectivity index (χ1v) is 10.6. The molecule has 3 aromatic rings. The molecule has 1 aromatic heterocycles. The third kappa shape index (κ3) is 3.95. The molecule has 1 atom stereocenters. The van der Waals surface area contributed by atoms with Gasteiger partial charge in [0, 0.05) is 38.1 Å². The van der Waals surface area contributed by atoms with E-state index in [0.717, 1.165) is 6.42 Å². The van der Waals surface area contributed by atoms with Gasteiger partial charge in [0.2, 0.25) is 5.95 Å². The van der Waals surface area contributed by atoms with Crippen molar-refractivity contribution in [2.75, 3.05) is 25.0 Å². The Labute approximate surface area is 190 Å². The van der Waals surface area contributed by atoms with E-state index in [2.05, 4.69) is 9.97 Å². The molecule has 0 saturated carbocycles. The molecule has 0 N–H and O–H groups in total. The zero-order valence-electron chi connectivity index (χ0n) is 17.9. The molecule has 33 heavy (non-hydrogen) atoms. The van der Waals surface area contributed by atoms with Gasteiger partial charge in [-0.05, 0) is 42.3 Å². The topological polar surface area (TPSA) is 75.6 Å². The summed E-state index contributed by atoms with van der Waals surface area (Å²) in [7, 11) is 1.89. The fourth-order valence-electron chi connectivity index (χ4n) is 4.19. The van der Waals surface area contributed by atoms with Crippen LogP contribution in [0.1, 0.15) is 38.3 Å². The first-order valence-electron chi connectivity index (χ1n) is 10.6. The molecule has 2 aromatic carbocycles. The third-order valence-electron chi connectivity index (χ3n) is 6.00. The first kappa shape index (κ1) is 20.8. The van der Waals surface area contributed by atoms with Gasteiger partial charge in [-0.1, -0.05) is 24.3 Å². The highest BCUT2D eigenvalue weighted by molar-refractivity contribution is 6.05. The number of nitrogens with zero attached hydrogens (tertiary/aromatic N) is 4. The maximum Gasteiger partial charge on any atom is 0.344 e. The minimum atomic E-state index is -0.589. The number of hydrogen-bond donors (Lipinski definition) is 0. The van der Waals surface area contributed by atoms with E-state index in [1.165, 1.54) is 12.1 Å². The summed E-state index contributed by atoms with van der Waals surface area (Å²) in [6.07, 6.45) is 5.73. The maximum atomic E-state index is 14.6. The van der Waals surface area contributed by atoms with Crippen LogP contribution in [0, 0.1) is 5.82 Å². The Kier molecular flexibility index (Phi) is 5.34. The number of cyclic esters (lactones) is 1. The quantitative estimate of drug-likeness (QED) is 0.572. The third-order valence-corrected chi connectivity index (χ3v) is 6.00. The van der Waals surface area contributed by atoms with Crippen molar-refractivity contribution in [3.05, 3.63) is 89.0 Å². The normalized spacial score (nSPS) is 18.4. The molecule has 0 unspecified atom stereocenters. The van der Waals surface area contributed by atoms with Gasteiger partial charge >= 0.3 is 5.97 Å². The molecule has 5 rings (SSSR count). The van der Waals surface area contributed by atoms with Gasteiger partial charge in [0.15, 0.2) is 0 Å². The summed E-state index contributed by atoms with van der Waals surface area (Å²) in [5.41, 5.74) is 1.72. The highest BCUT2D eigenvalue weighted by atomic mass is 19.1. The zero-order chi connectivity index (χ0) is 22.9. The van der Waals surface area contributed by atoms with E-state index >= 15 is 0 Å². The zero-order valence-corrected chi connectivity index (χ0v) is 17.9. The summed E-state index contributed by atoms with van der Waals surface area (Å²) in [6, 6.07) is 13.2. The van der Waals surface area contributed by atoms with Crippen molar-refractivity contribution >= 4 is 29.7 Å². The van der Waals surface area contributed by atoms with Gasteiger partial charge in [0.05, 0.1) is 17.2 Å². The van der Waals surface area contributed by atoms with E-state index < -0.39 is 11.8 Å². The van der Waals surface area contributed by atoms with Crippen LogP contribution >= 0.6 is 0 Å². The number of benzene rings is 2. The SMILES string of the molecule is CN(c1ncccn1)[C@H]1CCN(C(=O)c2cc(/C=C3\OC(=O)c4ccccc43)ccc2F)C1. The van der Waals surface area contributed by atoms with Crippen molar-refractivity contribution in [1.29, 1.82) is 0 Å². The molecule has 0 spiro atoms. The van der Waals surface area contributed by atoms with Crippen molar-refractivity contribution < 1.29 is 18.7 Å². The summed E-state index contributed by atoms with van der Waals surface area (Å²) in [5.74, 6) is -0.421. The van der Waals surface area contributed by atoms with Crippen LogP contribution in [0.15, 0.2) is 60.9 Å². The highest BCUT2D eigenvalue weighted by Gasteiger charge is 2.32. The van der Waals surface area contributed by atoms with E-state index in [-0.39, 0.29) is 17.5 Å². The van der Waals surface area contributed by atoms with Gasteiger partial charge in [-0.2, -0.15) is 0 Å². The van der Waals surface area contributed by atoms with E-state index in [9.17, 15) is 14.0 Å². The Bertz CT molecular complexity index is 1260. The summed E-state index contributed by atoms with van der Waals surface area (Å²) in [5, 5.41) is 0. The summed E-state index contributed by atoms with van der Waals surface area (Å²) >= 11 is 0. The Balaban J connectivity index is 1.36. The van der Waals surface area contributed by atoms with Crippen LogP contribution in [0.4, 0.5) is 10.3 Å². The molecule has 2 aliphatic rings. The predicted molar refractivity (Wildman–Crippen MR) is 121 cm³/mol. The molecule has 0 aliphatic carbocycles. The molecule has 8 heteroatoms. The Hall–Kier alpha value is -4.07. The van der Waals surface area contributed by atoms with Crippen molar-refractivity contribution in [3.63, 3.8) is 0 Å². The molecule has 1 fully saturated rings. The van der Waals surface area contributed by atoms with Gasteiger partial charge in [-0.25, -0.2) is 19.2 Å². The van der Waals surface area contributed by atoms with Crippen molar-refractivity contribution in [2.24, 2.45) is 0 Å². The minimum Gasteiger partial charge on any atom is -0.422 e. The maximum absolute atomic E-state index is 14.6. The number of likely N-dealkylation sites (N-methyl/N-ethyl adjacent to an activating group) is 1.